The summed E-state index contributed by atoms with van der Waals surface area (Å²) in [7, 11) is 0. The fraction of sp³-hybridized carbons (Fsp3) is 0.346. The molecule has 0 spiro atoms. The van der Waals surface area contributed by atoms with Gasteiger partial charge >= 0.3 is 12.3 Å². The van der Waals surface area contributed by atoms with Gasteiger partial charge in [0.05, 0.1) is 24.6 Å². The Bertz CT molecular complexity index is 2280. The van der Waals surface area contributed by atoms with Crippen molar-refractivity contribution < 1.29 is 28.5 Å². The van der Waals surface area contributed by atoms with E-state index in [1.807, 2.05) is 74.8 Å². The van der Waals surface area contributed by atoms with E-state index < -0.39 is 23.4 Å². The molecule has 4 aliphatic carbocycles. The van der Waals surface area contributed by atoms with Crippen molar-refractivity contribution in [3.05, 3.63) is 165 Å². The van der Waals surface area contributed by atoms with Crippen LogP contribution in [0.1, 0.15) is 101 Å². The molecule has 2 aromatic heterocycles. The monoisotopic (exact) mass is 832 g/mol. The van der Waals surface area contributed by atoms with Gasteiger partial charge in [0.25, 0.3) is 0 Å². The molecule has 0 saturated heterocycles. The van der Waals surface area contributed by atoms with Gasteiger partial charge in [-0.3, -0.25) is 9.98 Å². The molecular formula is C52H56N4O6. The Morgan fingerprint density at radius 3 is 1.40 bits per heavy atom. The summed E-state index contributed by atoms with van der Waals surface area (Å²) in [5.41, 5.74) is 10.4. The molecule has 0 amide bonds. The second kappa shape index (κ2) is 19.5. The molecule has 0 saturated carbocycles. The zero-order valence-corrected chi connectivity index (χ0v) is 36.6. The van der Waals surface area contributed by atoms with Crippen LogP contribution in [0, 0.1) is 11.8 Å². The Kier molecular flexibility index (Phi) is 13.8. The van der Waals surface area contributed by atoms with Crippen LogP contribution in [0.25, 0.3) is 0 Å². The molecule has 2 aromatic carbocycles. The van der Waals surface area contributed by atoms with Gasteiger partial charge < -0.3 is 18.9 Å². The molecule has 4 atom stereocenters. The fourth-order valence-corrected chi connectivity index (χ4v) is 9.34. The molecule has 4 aliphatic rings. The molecule has 0 radical (unpaired) electrons. The topological polar surface area (TPSA) is 122 Å². The van der Waals surface area contributed by atoms with Crippen LogP contribution in [0.3, 0.4) is 0 Å². The molecule has 10 nitrogen and oxygen atoms in total. The summed E-state index contributed by atoms with van der Waals surface area (Å²) >= 11 is 0. The van der Waals surface area contributed by atoms with Crippen LogP contribution in [-0.2, 0) is 33.4 Å². The van der Waals surface area contributed by atoms with Crippen LogP contribution >= 0.6 is 0 Å². The second-order valence-corrected chi connectivity index (χ2v) is 16.2. The number of nitrogens with zero attached hydrogens (tertiary/aromatic N) is 4. The normalized spacial score (nSPS) is 23.4. The highest BCUT2D eigenvalue weighted by atomic mass is 16.7. The maximum Gasteiger partial charge on any atom is 0.515 e. The average molecular weight is 833 g/mol. The van der Waals surface area contributed by atoms with Gasteiger partial charge in [0.15, 0.2) is 0 Å². The number of aromatic nitrogens is 2. The van der Waals surface area contributed by atoms with Crippen LogP contribution in [0.4, 0.5) is 9.59 Å². The van der Waals surface area contributed by atoms with Crippen LogP contribution in [0.2, 0.25) is 0 Å². The number of pyridine rings is 2. The minimum atomic E-state index is -0.716. The van der Waals surface area contributed by atoms with E-state index in [0.717, 1.165) is 72.2 Å². The second-order valence-electron chi connectivity index (χ2n) is 16.2. The summed E-state index contributed by atoms with van der Waals surface area (Å²) in [6, 6.07) is 27.8. The third kappa shape index (κ3) is 9.39. The van der Waals surface area contributed by atoms with Gasteiger partial charge in [0.1, 0.15) is 11.1 Å². The number of benzene rings is 2. The quantitative estimate of drug-likeness (QED) is 0.0879. The van der Waals surface area contributed by atoms with Gasteiger partial charge in [-0.05, 0) is 74.9 Å². The molecule has 4 unspecified atom stereocenters. The van der Waals surface area contributed by atoms with Crippen molar-refractivity contribution in [1.29, 1.82) is 0 Å². The Morgan fingerprint density at radius 1 is 0.629 bits per heavy atom. The van der Waals surface area contributed by atoms with Gasteiger partial charge in [-0.2, -0.15) is 0 Å². The van der Waals surface area contributed by atoms with E-state index in [-0.39, 0.29) is 23.6 Å². The summed E-state index contributed by atoms with van der Waals surface area (Å²) in [6.07, 6.45) is 16.1. The van der Waals surface area contributed by atoms with E-state index in [4.69, 9.17) is 28.9 Å². The molecular weight excluding hydrogens is 777 g/mol. The largest absolute Gasteiger partial charge is 0.515 e. The number of fused-ring (bicyclic) bond motifs is 8. The highest BCUT2D eigenvalue weighted by Crippen LogP contribution is 2.54. The first-order chi connectivity index (χ1) is 30.1. The number of hydrogen-bond donors (Lipinski definition) is 0. The molecule has 10 heteroatoms. The summed E-state index contributed by atoms with van der Waals surface area (Å²) in [4.78, 5) is 43.5. The first-order valence-corrected chi connectivity index (χ1v) is 21.7. The number of aliphatic imine (C=N–C) groups is 2. The van der Waals surface area contributed by atoms with Crippen molar-refractivity contribution in [2.75, 3.05) is 13.2 Å². The first kappa shape index (κ1) is 43.7. The highest BCUT2D eigenvalue weighted by Gasteiger charge is 2.48. The Morgan fingerprint density at radius 2 is 1.03 bits per heavy atom. The lowest BCUT2D eigenvalue weighted by atomic mass is 9.63. The Balaban J connectivity index is 0.000000186. The van der Waals surface area contributed by atoms with Crippen molar-refractivity contribution in [3.8, 4) is 11.8 Å². The van der Waals surface area contributed by atoms with E-state index in [2.05, 4.69) is 86.2 Å². The summed E-state index contributed by atoms with van der Waals surface area (Å²) < 4.78 is 20.7. The molecule has 2 heterocycles. The molecule has 0 fully saturated rings. The average Bonchev–Trinajstić information content (AvgIpc) is 3.26. The lowest BCUT2D eigenvalue weighted by Crippen LogP contribution is -2.40. The van der Waals surface area contributed by atoms with E-state index in [0.29, 0.717) is 13.2 Å². The van der Waals surface area contributed by atoms with E-state index in [9.17, 15) is 9.59 Å². The third-order valence-corrected chi connectivity index (χ3v) is 11.7. The number of carbonyl (C=O) groups excluding carboxylic acids is 2. The van der Waals surface area contributed by atoms with Crippen LogP contribution in [0.5, 0.6) is 11.8 Å². The van der Waals surface area contributed by atoms with E-state index in [1.165, 1.54) is 22.3 Å². The summed E-state index contributed by atoms with van der Waals surface area (Å²) in [5.74, 6) is 0.998. The number of ether oxygens (including phenoxy) is 4. The Labute approximate surface area is 365 Å². The third-order valence-electron chi connectivity index (χ3n) is 11.7. The van der Waals surface area contributed by atoms with Crippen molar-refractivity contribution in [2.45, 2.75) is 91.1 Å². The van der Waals surface area contributed by atoms with Crippen LogP contribution in [0.15, 0.2) is 142 Å². The van der Waals surface area contributed by atoms with E-state index >= 15 is 0 Å². The molecule has 0 aliphatic heterocycles. The molecule has 4 aromatic rings. The zero-order chi connectivity index (χ0) is 43.7. The summed E-state index contributed by atoms with van der Waals surface area (Å²) in [5, 5.41) is 0. The van der Waals surface area contributed by atoms with E-state index in [1.54, 1.807) is 12.1 Å². The number of carbonyl (C=O) groups is 2. The zero-order valence-electron chi connectivity index (χ0n) is 36.6. The van der Waals surface area contributed by atoms with Crippen molar-refractivity contribution >= 4 is 24.7 Å². The SMILES string of the molecule is C/C=C1\C2C=C(C)CC1(N=Cc1ccccc1)c1ccc(OC(=O)OCCC)nc1C2.C/C=C1\C2C=C(C)CC1(N=Cc1ccccc1)c1ccc(OC(=O)OCCC)nc1C2. The summed E-state index contributed by atoms with van der Waals surface area (Å²) in [6.45, 7) is 13.1. The predicted octanol–water partition coefficient (Wildman–Crippen LogP) is 11.6. The van der Waals surface area contributed by atoms with Gasteiger partial charge in [0, 0.05) is 73.2 Å². The lowest BCUT2D eigenvalue weighted by molar-refractivity contribution is 0.0964. The minimum absolute atomic E-state index is 0.231. The van der Waals surface area contributed by atoms with Crippen molar-refractivity contribution in [3.63, 3.8) is 0 Å². The molecule has 4 bridgehead atoms. The Hall–Kier alpha value is -6.42. The maximum atomic E-state index is 11.9. The predicted molar refractivity (Wildman–Crippen MR) is 243 cm³/mol. The number of rotatable bonds is 10. The number of hydrogen-bond acceptors (Lipinski definition) is 10. The standard InChI is InChI=1S/2C26H28N2O3/c2*1-4-13-30-25(29)31-24-12-11-22-23(28-24)15-20-14-18(3)16-26(22,21(20)5-2)27-17-19-9-7-6-8-10-19/h2*5-12,14,17,20H,4,13,15-16H2,1-3H3/b2*21-5+,27-17?. The fourth-order valence-electron chi connectivity index (χ4n) is 9.34. The highest BCUT2D eigenvalue weighted by molar-refractivity contribution is 5.81. The number of allylic oxidation sites excluding steroid dienone is 4. The maximum absolute atomic E-state index is 11.9. The molecule has 62 heavy (non-hydrogen) atoms. The first-order valence-electron chi connectivity index (χ1n) is 21.7. The van der Waals surface area contributed by atoms with Gasteiger partial charge in [-0.1, -0.05) is 110 Å². The minimum Gasteiger partial charge on any atom is -0.434 e. The molecule has 8 rings (SSSR count). The lowest BCUT2D eigenvalue weighted by Gasteiger charge is -2.45. The van der Waals surface area contributed by atoms with Gasteiger partial charge in [-0.25, -0.2) is 19.6 Å². The van der Waals surface area contributed by atoms with Gasteiger partial charge in [0.2, 0.25) is 11.8 Å². The smallest absolute Gasteiger partial charge is 0.434 e. The molecule has 0 N–H and O–H groups in total. The van der Waals surface area contributed by atoms with Crippen molar-refractivity contribution in [1.82, 2.24) is 9.97 Å². The van der Waals surface area contributed by atoms with Gasteiger partial charge in [-0.15, -0.1) is 0 Å². The van der Waals surface area contributed by atoms with Crippen LogP contribution < -0.4 is 9.47 Å². The van der Waals surface area contributed by atoms with Crippen LogP contribution in [-0.4, -0.2) is 47.9 Å². The van der Waals surface area contributed by atoms with Crippen molar-refractivity contribution in [2.24, 2.45) is 21.8 Å². The molecule has 320 valence electrons.